The van der Waals surface area contributed by atoms with Crippen LogP contribution in [0.4, 0.5) is 0 Å². The largest absolute Gasteiger partial charge is 0.479 e. The highest BCUT2D eigenvalue weighted by molar-refractivity contribution is 7.13. The Labute approximate surface area is 143 Å². The SMILES string of the molecule is Cc1nc(-c2cccs2)ccc1C(=O)N1CCC(O)(C(=O)O)CC1. The van der Waals surface area contributed by atoms with Crippen LogP contribution >= 0.6 is 11.3 Å². The normalized spacial score (nSPS) is 16.8. The number of carbonyl (C=O) groups excluding carboxylic acids is 1. The second kappa shape index (κ2) is 6.33. The van der Waals surface area contributed by atoms with E-state index in [0.29, 0.717) is 11.3 Å². The lowest BCUT2D eigenvalue weighted by molar-refractivity contribution is -0.162. The first-order chi connectivity index (χ1) is 11.4. The van der Waals surface area contributed by atoms with Crippen molar-refractivity contribution in [3.63, 3.8) is 0 Å². The number of likely N-dealkylation sites (tertiary alicyclic amines) is 1. The lowest BCUT2D eigenvalue weighted by Gasteiger charge is -2.35. The molecule has 126 valence electrons. The molecule has 0 spiro atoms. The van der Waals surface area contributed by atoms with E-state index in [4.69, 9.17) is 5.11 Å². The Kier molecular flexibility index (Phi) is 4.38. The van der Waals surface area contributed by atoms with Gasteiger partial charge in [-0.2, -0.15) is 0 Å². The smallest absolute Gasteiger partial charge is 0.335 e. The number of aliphatic carboxylic acids is 1. The van der Waals surface area contributed by atoms with Gasteiger partial charge in [-0.1, -0.05) is 6.07 Å². The molecule has 6 nitrogen and oxygen atoms in total. The molecule has 0 aliphatic carbocycles. The van der Waals surface area contributed by atoms with E-state index in [1.54, 1.807) is 29.2 Å². The van der Waals surface area contributed by atoms with Gasteiger partial charge < -0.3 is 15.1 Å². The second-order valence-electron chi connectivity index (χ2n) is 5.94. The molecule has 1 saturated heterocycles. The van der Waals surface area contributed by atoms with Gasteiger partial charge in [0.25, 0.3) is 5.91 Å². The number of nitrogens with zero attached hydrogens (tertiary/aromatic N) is 2. The van der Waals surface area contributed by atoms with Crippen molar-refractivity contribution in [2.45, 2.75) is 25.4 Å². The van der Waals surface area contributed by atoms with Gasteiger partial charge in [0, 0.05) is 25.9 Å². The third kappa shape index (κ3) is 3.05. The van der Waals surface area contributed by atoms with E-state index < -0.39 is 11.6 Å². The molecular weight excluding hydrogens is 328 g/mol. The molecule has 2 aromatic rings. The number of rotatable bonds is 3. The average Bonchev–Trinajstić information content (AvgIpc) is 3.09. The number of thiophene rings is 1. The molecule has 1 aliphatic rings. The van der Waals surface area contributed by atoms with Crippen LogP contribution in [0.5, 0.6) is 0 Å². The summed E-state index contributed by atoms with van der Waals surface area (Å²) in [5, 5.41) is 21.0. The van der Waals surface area contributed by atoms with Crippen molar-refractivity contribution >= 4 is 23.2 Å². The summed E-state index contributed by atoms with van der Waals surface area (Å²) in [6, 6.07) is 7.51. The van der Waals surface area contributed by atoms with E-state index in [0.717, 1.165) is 10.6 Å². The predicted octanol–water partition coefficient (Wildman–Crippen LogP) is 2.17. The first-order valence-corrected chi connectivity index (χ1v) is 8.55. The number of carboxylic acids is 1. The number of hydrogen-bond acceptors (Lipinski definition) is 5. The summed E-state index contributed by atoms with van der Waals surface area (Å²) >= 11 is 1.59. The molecule has 0 bridgehead atoms. The molecule has 24 heavy (non-hydrogen) atoms. The van der Waals surface area contributed by atoms with E-state index in [-0.39, 0.29) is 31.8 Å². The first-order valence-electron chi connectivity index (χ1n) is 7.67. The molecule has 2 aromatic heterocycles. The van der Waals surface area contributed by atoms with Crippen molar-refractivity contribution in [2.24, 2.45) is 0 Å². The van der Waals surface area contributed by atoms with Gasteiger partial charge in [0.15, 0.2) is 5.60 Å². The summed E-state index contributed by atoms with van der Waals surface area (Å²) < 4.78 is 0. The minimum Gasteiger partial charge on any atom is -0.479 e. The monoisotopic (exact) mass is 346 g/mol. The van der Waals surface area contributed by atoms with Gasteiger partial charge in [-0.15, -0.1) is 11.3 Å². The fraction of sp³-hybridized carbons (Fsp3) is 0.353. The maximum atomic E-state index is 12.7. The van der Waals surface area contributed by atoms with Crippen molar-refractivity contribution in [1.29, 1.82) is 0 Å². The summed E-state index contributed by atoms with van der Waals surface area (Å²) in [7, 11) is 0. The topological polar surface area (TPSA) is 90.7 Å². The van der Waals surface area contributed by atoms with Crippen molar-refractivity contribution in [2.75, 3.05) is 13.1 Å². The molecule has 2 N–H and O–H groups in total. The summed E-state index contributed by atoms with van der Waals surface area (Å²) in [6.07, 6.45) is 0.0711. The lowest BCUT2D eigenvalue weighted by Crippen LogP contribution is -2.50. The molecule has 1 amide bonds. The minimum atomic E-state index is -1.73. The highest BCUT2D eigenvalue weighted by Gasteiger charge is 2.40. The zero-order valence-corrected chi connectivity index (χ0v) is 14.0. The van der Waals surface area contributed by atoms with Crippen LogP contribution in [-0.2, 0) is 4.79 Å². The van der Waals surface area contributed by atoms with Gasteiger partial charge in [-0.3, -0.25) is 9.78 Å². The number of amides is 1. The van der Waals surface area contributed by atoms with Crippen molar-refractivity contribution < 1.29 is 19.8 Å². The molecule has 3 rings (SSSR count). The Morgan fingerprint density at radius 1 is 1.25 bits per heavy atom. The molecule has 0 aromatic carbocycles. The standard InChI is InChI=1S/C17H18N2O4S/c1-11-12(4-5-13(18-11)14-3-2-10-24-14)15(20)19-8-6-17(23,7-9-19)16(21)22/h2-5,10,23H,6-9H2,1H3,(H,21,22). The summed E-state index contributed by atoms with van der Waals surface area (Å²) in [6.45, 7) is 2.23. The average molecular weight is 346 g/mol. The summed E-state index contributed by atoms with van der Waals surface area (Å²) in [5.41, 5.74) is 0.256. The van der Waals surface area contributed by atoms with E-state index >= 15 is 0 Å². The maximum absolute atomic E-state index is 12.7. The van der Waals surface area contributed by atoms with Crippen LogP contribution in [0.2, 0.25) is 0 Å². The molecule has 1 fully saturated rings. The molecule has 0 unspecified atom stereocenters. The number of hydrogen-bond donors (Lipinski definition) is 2. The van der Waals surface area contributed by atoms with Crippen LogP contribution in [0, 0.1) is 6.92 Å². The molecule has 0 radical (unpaired) electrons. The van der Waals surface area contributed by atoms with Crippen LogP contribution < -0.4 is 0 Å². The van der Waals surface area contributed by atoms with Gasteiger partial charge in [0.05, 0.1) is 21.8 Å². The number of aromatic nitrogens is 1. The number of aryl methyl sites for hydroxylation is 1. The minimum absolute atomic E-state index is 0.0355. The fourth-order valence-corrected chi connectivity index (χ4v) is 3.51. The lowest BCUT2D eigenvalue weighted by atomic mass is 9.91. The second-order valence-corrected chi connectivity index (χ2v) is 6.88. The molecular formula is C17H18N2O4S. The Bertz CT molecular complexity index is 765. The number of carbonyl (C=O) groups is 2. The van der Waals surface area contributed by atoms with Crippen LogP contribution in [-0.4, -0.2) is 50.7 Å². The molecule has 3 heterocycles. The van der Waals surface area contributed by atoms with E-state index in [1.165, 1.54) is 0 Å². The van der Waals surface area contributed by atoms with Gasteiger partial charge in [0.2, 0.25) is 0 Å². The molecule has 0 saturated carbocycles. The maximum Gasteiger partial charge on any atom is 0.335 e. The number of aliphatic hydroxyl groups is 1. The molecule has 7 heteroatoms. The van der Waals surface area contributed by atoms with E-state index in [1.807, 2.05) is 23.6 Å². The van der Waals surface area contributed by atoms with Crippen LogP contribution in [0.1, 0.15) is 28.9 Å². The van der Waals surface area contributed by atoms with Crippen LogP contribution in [0.25, 0.3) is 10.6 Å². The van der Waals surface area contributed by atoms with Crippen molar-refractivity contribution in [3.05, 3.63) is 40.9 Å². The Hall–Kier alpha value is -2.25. The fourth-order valence-electron chi connectivity index (χ4n) is 2.81. The van der Waals surface area contributed by atoms with Crippen molar-refractivity contribution in [1.82, 2.24) is 9.88 Å². The summed E-state index contributed by atoms with van der Waals surface area (Å²) in [5.74, 6) is -1.40. The van der Waals surface area contributed by atoms with Crippen LogP contribution in [0.15, 0.2) is 29.6 Å². The van der Waals surface area contributed by atoms with E-state index in [2.05, 4.69) is 4.98 Å². The summed E-state index contributed by atoms with van der Waals surface area (Å²) in [4.78, 5) is 30.8. The van der Waals surface area contributed by atoms with E-state index in [9.17, 15) is 14.7 Å². The van der Waals surface area contributed by atoms with Gasteiger partial charge >= 0.3 is 5.97 Å². The van der Waals surface area contributed by atoms with Gasteiger partial charge in [-0.25, -0.2) is 4.79 Å². The van der Waals surface area contributed by atoms with Gasteiger partial charge in [-0.05, 0) is 30.5 Å². The quantitative estimate of drug-likeness (QED) is 0.889. The van der Waals surface area contributed by atoms with Crippen LogP contribution in [0.3, 0.4) is 0 Å². The Morgan fingerprint density at radius 3 is 2.50 bits per heavy atom. The zero-order chi connectivity index (χ0) is 17.3. The molecule has 1 aliphatic heterocycles. The predicted molar refractivity (Wildman–Crippen MR) is 90.0 cm³/mol. The van der Waals surface area contributed by atoms with Gasteiger partial charge in [0.1, 0.15) is 0 Å². The first kappa shape index (κ1) is 16.6. The number of pyridine rings is 1. The highest BCUT2D eigenvalue weighted by Crippen LogP contribution is 2.26. The van der Waals surface area contributed by atoms with Crippen molar-refractivity contribution in [3.8, 4) is 10.6 Å². The third-order valence-corrected chi connectivity index (χ3v) is 5.26. The molecule has 0 atom stereocenters. The Morgan fingerprint density at radius 2 is 1.96 bits per heavy atom. The Balaban J connectivity index is 1.75. The number of carboxylic acid groups (broad SMARTS) is 1. The zero-order valence-electron chi connectivity index (χ0n) is 13.2. The highest BCUT2D eigenvalue weighted by atomic mass is 32.1. The number of piperidine rings is 1. The third-order valence-electron chi connectivity index (χ3n) is 4.37.